The van der Waals surface area contributed by atoms with Crippen molar-refractivity contribution in [1.82, 2.24) is 5.32 Å². The van der Waals surface area contributed by atoms with Crippen LogP contribution in [0.15, 0.2) is 83.3 Å². The van der Waals surface area contributed by atoms with Crippen molar-refractivity contribution >= 4 is 39.1 Å². The van der Waals surface area contributed by atoms with Gasteiger partial charge in [0.05, 0.1) is 23.3 Å². The molecule has 0 unspecified atom stereocenters. The van der Waals surface area contributed by atoms with Crippen molar-refractivity contribution in [3.63, 3.8) is 0 Å². The third-order valence-corrected chi connectivity index (χ3v) is 4.74. The van der Waals surface area contributed by atoms with Crippen LogP contribution < -0.4 is 10.6 Å². The lowest BCUT2D eigenvalue weighted by Gasteiger charge is -2.20. The van der Waals surface area contributed by atoms with Gasteiger partial charge in [-0.1, -0.05) is 88.2 Å². The molecule has 0 atom stereocenters. The van der Waals surface area contributed by atoms with Gasteiger partial charge in [0.1, 0.15) is 0 Å². The molecule has 0 bridgehead atoms. The highest BCUT2D eigenvalue weighted by Crippen LogP contribution is 2.26. The second-order valence-corrected chi connectivity index (χ2v) is 7.13. The van der Waals surface area contributed by atoms with Crippen LogP contribution in [0.5, 0.6) is 0 Å². The SMILES string of the molecule is O=C(CNC(c1ccccc1)c1ccccc1)Nc1ccc(Br)cc1Cl. The van der Waals surface area contributed by atoms with Crippen LogP contribution >= 0.6 is 27.5 Å². The zero-order valence-corrected chi connectivity index (χ0v) is 16.3. The second-order valence-electron chi connectivity index (χ2n) is 5.81. The molecule has 5 heteroatoms. The van der Waals surface area contributed by atoms with Gasteiger partial charge in [-0.15, -0.1) is 0 Å². The Morgan fingerprint density at radius 1 is 0.923 bits per heavy atom. The molecule has 0 heterocycles. The number of benzene rings is 3. The molecule has 2 N–H and O–H groups in total. The highest BCUT2D eigenvalue weighted by molar-refractivity contribution is 9.10. The van der Waals surface area contributed by atoms with Gasteiger partial charge in [0.15, 0.2) is 0 Å². The third-order valence-electron chi connectivity index (χ3n) is 3.94. The van der Waals surface area contributed by atoms with Gasteiger partial charge in [-0.2, -0.15) is 0 Å². The molecule has 0 saturated carbocycles. The molecular weight excluding hydrogens is 412 g/mol. The highest BCUT2D eigenvalue weighted by atomic mass is 79.9. The largest absolute Gasteiger partial charge is 0.324 e. The molecule has 0 aliphatic rings. The van der Waals surface area contributed by atoms with E-state index in [1.54, 1.807) is 12.1 Å². The number of rotatable bonds is 6. The summed E-state index contributed by atoms with van der Waals surface area (Å²) >= 11 is 9.52. The van der Waals surface area contributed by atoms with E-state index in [2.05, 4.69) is 26.6 Å². The van der Waals surface area contributed by atoms with E-state index < -0.39 is 0 Å². The van der Waals surface area contributed by atoms with Gasteiger partial charge in [-0.05, 0) is 29.3 Å². The maximum absolute atomic E-state index is 12.4. The number of carbonyl (C=O) groups excluding carboxylic acids is 1. The molecule has 0 saturated heterocycles. The predicted octanol–water partition coefficient (Wildman–Crippen LogP) is 5.42. The van der Waals surface area contributed by atoms with Crippen LogP contribution in [0.1, 0.15) is 17.2 Å². The van der Waals surface area contributed by atoms with Crippen LogP contribution in [0.3, 0.4) is 0 Å². The van der Waals surface area contributed by atoms with Gasteiger partial charge in [0, 0.05) is 4.47 Å². The van der Waals surface area contributed by atoms with E-state index in [9.17, 15) is 4.79 Å². The molecule has 132 valence electrons. The van der Waals surface area contributed by atoms with Crippen molar-refractivity contribution in [2.45, 2.75) is 6.04 Å². The smallest absolute Gasteiger partial charge is 0.238 e. The molecule has 3 aromatic carbocycles. The summed E-state index contributed by atoms with van der Waals surface area (Å²) < 4.78 is 0.867. The van der Waals surface area contributed by atoms with Gasteiger partial charge in [-0.25, -0.2) is 0 Å². The van der Waals surface area contributed by atoms with E-state index in [-0.39, 0.29) is 18.5 Å². The summed E-state index contributed by atoms with van der Waals surface area (Å²) in [5.74, 6) is -0.147. The fourth-order valence-corrected chi connectivity index (χ4v) is 3.42. The van der Waals surface area contributed by atoms with Gasteiger partial charge in [-0.3, -0.25) is 10.1 Å². The van der Waals surface area contributed by atoms with E-state index in [1.165, 1.54) is 0 Å². The first-order valence-electron chi connectivity index (χ1n) is 8.21. The second kappa shape index (κ2) is 8.99. The fraction of sp³-hybridized carbons (Fsp3) is 0.0952. The van der Waals surface area contributed by atoms with Gasteiger partial charge in [0.2, 0.25) is 5.91 Å². The summed E-state index contributed by atoms with van der Waals surface area (Å²) in [5, 5.41) is 6.68. The van der Waals surface area contributed by atoms with E-state index in [0.717, 1.165) is 15.6 Å². The predicted molar refractivity (Wildman–Crippen MR) is 111 cm³/mol. The van der Waals surface area contributed by atoms with Crippen LogP contribution in [0.4, 0.5) is 5.69 Å². The van der Waals surface area contributed by atoms with Crippen LogP contribution in [-0.2, 0) is 4.79 Å². The van der Waals surface area contributed by atoms with Gasteiger partial charge in [0.25, 0.3) is 0 Å². The Hall–Kier alpha value is -2.14. The average molecular weight is 430 g/mol. The third kappa shape index (κ3) is 4.94. The minimum Gasteiger partial charge on any atom is -0.324 e. The maximum Gasteiger partial charge on any atom is 0.238 e. The summed E-state index contributed by atoms with van der Waals surface area (Å²) in [6.07, 6.45) is 0. The standard InChI is InChI=1S/C21H18BrClN2O/c22-17-11-12-19(18(23)13-17)25-20(26)14-24-21(15-7-3-1-4-8-15)16-9-5-2-6-10-16/h1-13,21,24H,14H2,(H,25,26). The highest BCUT2D eigenvalue weighted by Gasteiger charge is 2.15. The Kier molecular flexibility index (Phi) is 6.45. The fourth-order valence-electron chi connectivity index (χ4n) is 2.70. The molecule has 3 aromatic rings. The first-order valence-corrected chi connectivity index (χ1v) is 9.39. The van der Waals surface area contributed by atoms with E-state index in [4.69, 9.17) is 11.6 Å². The number of nitrogens with one attached hydrogen (secondary N) is 2. The molecule has 26 heavy (non-hydrogen) atoms. The Morgan fingerprint density at radius 2 is 1.50 bits per heavy atom. The van der Waals surface area contributed by atoms with Crippen molar-refractivity contribution in [3.8, 4) is 0 Å². The number of anilines is 1. The average Bonchev–Trinajstić information content (AvgIpc) is 2.66. The van der Waals surface area contributed by atoms with E-state index in [1.807, 2.05) is 66.7 Å². The van der Waals surface area contributed by atoms with Crippen molar-refractivity contribution in [2.75, 3.05) is 11.9 Å². The van der Waals surface area contributed by atoms with Crippen LogP contribution in [-0.4, -0.2) is 12.5 Å². The van der Waals surface area contributed by atoms with Gasteiger partial charge < -0.3 is 5.32 Å². The summed E-state index contributed by atoms with van der Waals surface area (Å²) in [6, 6.07) is 25.4. The Balaban J connectivity index is 1.71. The molecule has 0 spiro atoms. The summed E-state index contributed by atoms with van der Waals surface area (Å²) in [7, 11) is 0. The van der Waals surface area contributed by atoms with Crippen molar-refractivity contribution in [3.05, 3.63) is 99.5 Å². The lowest BCUT2D eigenvalue weighted by atomic mass is 9.99. The van der Waals surface area contributed by atoms with Crippen LogP contribution in [0.25, 0.3) is 0 Å². The molecule has 0 aliphatic heterocycles. The van der Waals surface area contributed by atoms with Crippen LogP contribution in [0.2, 0.25) is 5.02 Å². The Morgan fingerprint density at radius 3 is 2.04 bits per heavy atom. The van der Waals surface area contributed by atoms with Crippen molar-refractivity contribution in [2.24, 2.45) is 0 Å². The summed E-state index contributed by atoms with van der Waals surface area (Å²) in [6.45, 7) is 0.168. The zero-order valence-electron chi connectivity index (χ0n) is 14.0. The molecule has 3 nitrogen and oxygen atoms in total. The number of carbonyl (C=O) groups is 1. The molecule has 0 radical (unpaired) electrons. The number of hydrogen-bond donors (Lipinski definition) is 2. The minimum atomic E-state index is -0.147. The molecule has 0 aromatic heterocycles. The number of amides is 1. The zero-order chi connectivity index (χ0) is 18.4. The molecule has 1 amide bonds. The summed E-state index contributed by atoms with van der Waals surface area (Å²) in [4.78, 5) is 12.4. The van der Waals surface area contributed by atoms with Gasteiger partial charge >= 0.3 is 0 Å². The quantitative estimate of drug-likeness (QED) is 0.549. The summed E-state index contributed by atoms with van der Waals surface area (Å²) in [5.41, 5.74) is 2.80. The topological polar surface area (TPSA) is 41.1 Å². The molecular formula is C21H18BrClN2O. The van der Waals surface area contributed by atoms with E-state index in [0.29, 0.717) is 10.7 Å². The van der Waals surface area contributed by atoms with Crippen molar-refractivity contribution < 1.29 is 4.79 Å². The van der Waals surface area contributed by atoms with Crippen LogP contribution in [0, 0.1) is 0 Å². The number of hydrogen-bond acceptors (Lipinski definition) is 2. The molecule has 0 fully saturated rings. The monoisotopic (exact) mass is 428 g/mol. The lowest BCUT2D eigenvalue weighted by molar-refractivity contribution is -0.115. The normalized spacial score (nSPS) is 10.7. The first kappa shape index (κ1) is 18.6. The Labute approximate surface area is 166 Å². The molecule has 0 aliphatic carbocycles. The number of halogens is 2. The van der Waals surface area contributed by atoms with E-state index >= 15 is 0 Å². The minimum absolute atomic E-state index is 0.0662. The molecule has 3 rings (SSSR count). The first-order chi connectivity index (χ1) is 12.6. The maximum atomic E-state index is 12.4. The lowest BCUT2D eigenvalue weighted by Crippen LogP contribution is -2.32. The Bertz CT molecular complexity index is 832. The van der Waals surface area contributed by atoms with Crippen molar-refractivity contribution in [1.29, 1.82) is 0 Å².